The van der Waals surface area contributed by atoms with Gasteiger partial charge in [-0.25, -0.2) is 18.2 Å². The van der Waals surface area contributed by atoms with Crippen LogP contribution in [0.15, 0.2) is 53.0 Å². The van der Waals surface area contributed by atoms with E-state index in [-0.39, 0.29) is 17.5 Å². The van der Waals surface area contributed by atoms with E-state index < -0.39 is 11.6 Å². The number of thioether (sulfide) groups is 1. The number of thiazole rings is 1. The second-order valence-corrected chi connectivity index (χ2v) is 8.18. The third kappa shape index (κ3) is 4.78. The molecule has 0 aliphatic carbocycles. The van der Waals surface area contributed by atoms with E-state index in [9.17, 15) is 18.0 Å². The molecule has 0 unspecified atom stereocenters. The highest BCUT2D eigenvalue weighted by Crippen LogP contribution is 2.27. The topological polar surface area (TPSA) is 72.7 Å². The lowest BCUT2D eigenvalue weighted by molar-refractivity contribution is -0.113. The maximum Gasteiger partial charge on any atom is 0.236 e. The number of nitrogens with one attached hydrogen (secondary N) is 1. The van der Waals surface area contributed by atoms with Crippen LogP contribution in [0, 0.1) is 17.5 Å². The number of nitrogens with zero attached hydrogens (tertiary/aromatic N) is 4. The Morgan fingerprint density at radius 3 is 2.55 bits per heavy atom. The Kier molecular flexibility index (Phi) is 6.05. The minimum absolute atomic E-state index is 0.0650. The third-order valence-corrected chi connectivity index (χ3v) is 6.01. The summed E-state index contributed by atoms with van der Waals surface area (Å²) in [5.41, 5.74) is 1.56. The van der Waals surface area contributed by atoms with Crippen molar-refractivity contribution in [2.24, 2.45) is 7.05 Å². The van der Waals surface area contributed by atoms with Crippen molar-refractivity contribution < 1.29 is 18.0 Å². The van der Waals surface area contributed by atoms with Gasteiger partial charge in [0.1, 0.15) is 5.82 Å². The van der Waals surface area contributed by atoms with E-state index in [1.165, 1.54) is 41.3 Å². The van der Waals surface area contributed by atoms with Crippen LogP contribution in [-0.4, -0.2) is 31.4 Å². The summed E-state index contributed by atoms with van der Waals surface area (Å²) in [5.74, 6) is -1.92. The molecule has 2 aromatic carbocycles. The normalized spacial score (nSPS) is 11.0. The Bertz CT molecular complexity index is 1240. The molecule has 2 heterocycles. The van der Waals surface area contributed by atoms with Gasteiger partial charge in [-0.1, -0.05) is 11.8 Å². The quantitative estimate of drug-likeness (QED) is 0.420. The summed E-state index contributed by atoms with van der Waals surface area (Å²) in [5, 5.41) is 13.4. The van der Waals surface area contributed by atoms with Crippen LogP contribution in [0.3, 0.4) is 0 Å². The molecule has 0 atom stereocenters. The number of halogens is 3. The molecule has 0 fully saturated rings. The van der Waals surface area contributed by atoms with Gasteiger partial charge in [0.05, 0.1) is 11.4 Å². The van der Waals surface area contributed by atoms with Crippen LogP contribution in [0.1, 0.15) is 0 Å². The molecule has 11 heteroatoms. The van der Waals surface area contributed by atoms with Gasteiger partial charge >= 0.3 is 0 Å². The Morgan fingerprint density at radius 1 is 1.06 bits per heavy atom. The van der Waals surface area contributed by atoms with Crippen LogP contribution >= 0.6 is 23.1 Å². The Hall–Kier alpha value is -3.18. The third-order valence-electron chi connectivity index (χ3n) is 4.24. The summed E-state index contributed by atoms with van der Waals surface area (Å²) in [7, 11) is 1.76. The molecule has 0 spiro atoms. The van der Waals surface area contributed by atoms with Gasteiger partial charge in [0, 0.05) is 23.6 Å². The Morgan fingerprint density at radius 2 is 1.81 bits per heavy atom. The van der Waals surface area contributed by atoms with E-state index >= 15 is 0 Å². The highest BCUT2D eigenvalue weighted by molar-refractivity contribution is 7.99. The van der Waals surface area contributed by atoms with E-state index in [0.717, 1.165) is 12.1 Å². The summed E-state index contributed by atoms with van der Waals surface area (Å²) in [4.78, 5) is 16.5. The van der Waals surface area contributed by atoms with Gasteiger partial charge in [0.25, 0.3) is 0 Å². The second kappa shape index (κ2) is 8.90. The fourth-order valence-corrected chi connectivity index (χ4v) is 4.14. The SMILES string of the molecule is Cn1c(SCC(=O)Nc2nc(-c3ccc(F)c(F)c3)cs2)nnc1-c1ccc(F)cc1. The van der Waals surface area contributed by atoms with E-state index in [0.29, 0.717) is 32.9 Å². The molecule has 4 rings (SSSR count). The average Bonchev–Trinajstić information content (AvgIpc) is 3.36. The fraction of sp³-hybridized carbons (Fsp3) is 0.100. The van der Waals surface area contributed by atoms with Gasteiger partial charge in [0.15, 0.2) is 27.7 Å². The van der Waals surface area contributed by atoms with E-state index in [1.54, 1.807) is 29.1 Å². The molecule has 0 saturated carbocycles. The van der Waals surface area contributed by atoms with E-state index in [1.807, 2.05) is 0 Å². The summed E-state index contributed by atoms with van der Waals surface area (Å²) in [6.45, 7) is 0. The molecule has 0 saturated heterocycles. The zero-order chi connectivity index (χ0) is 22.0. The van der Waals surface area contributed by atoms with Gasteiger partial charge in [-0.05, 0) is 42.5 Å². The predicted molar refractivity (Wildman–Crippen MR) is 113 cm³/mol. The number of rotatable bonds is 6. The zero-order valence-corrected chi connectivity index (χ0v) is 17.6. The van der Waals surface area contributed by atoms with Gasteiger partial charge < -0.3 is 9.88 Å². The average molecular weight is 461 g/mol. The van der Waals surface area contributed by atoms with Crippen molar-refractivity contribution in [3.05, 3.63) is 65.3 Å². The first-order chi connectivity index (χ1) is 14.9. The molecular weight excluding hydrogens is 447 g/mol. The number of anilines is 1. The number of amides is 1. The first-order valence-corrected chi connectivity index (χ1v) is 10.8. The predicted octanol–water partition coefficient (Wildman–Crippen LogP) is 4.75. The van der Waals surface area contributed by atoms with Crippen LogP contribution in [0.2, 0.25) is 0 Å². The molecule has 0 aliphatic rings. The molecular formula is C20H14F3N5OS2. The zero-order valence-electron chi connectivity index (χ0n) is 16.0. The summed E-state index contributed by atoms with van der Waals surface area (Å²) in [6.07, 6.45) is 0. The highest BCUT2D eigenvalue weighted by Gasteiger charge is 2.14. The lowest BCUT2D eigenvalue weighted by atomic mass is 10.2. The van der Waals surface area contributed by atoms with Crippen LogP contribution in [-0.2, 0) is 11.8 Å². The number of carbonyl (C=O) groups excluding carboxylic acids is 1. The van der Waals surface area contributed by atoms with Crippen LogP contribution in [0.5, 0.6) is 0 Å². The smallest absolute Gasteiger partial charge is 0.236 e. The first kappa shape index (κ1) is 21.1. The molecule has 31 heavy (non-hydrogen) atoms. The second-order valence-electron chi connectivity index (χ2n) is 6.38. The minimum atomic E-state index is -0.962. The van der Waals surface area contributed by atoms with E-state index in [4.69, 9.17) is 0 Å². The lowest BCUT2D eigenvalue weighted by Crippen LogP contribution is -2.14. The molecule has 1 amide bonds. The maximum atomic E-state index is 13.4. The van der Waals surface area contributed by atoms with Crippen molar-refractivity contribution in [1.82, 2.24) is 19.7 Å². The fourth-order valence-electron chi connectivity index (χ4n) is 2.70. The summed E-state index contributed by atoms with van der Waals surface area (Å²) < 4.78 is 41.3. The maximum absolute atomic E-state index is 13.4. The largest absolute Gasteiger partial charge is 0.305 e. The van der Waals surface area contributed by atoms with Gasteiger partial charge in [0.2, 0.25) is 5.91 Å². The van der Waals surface area contributed by atoms with Crippen molar-refractivity contribution in [2.45, 2.75) is 5.16 Å². The number of hydrogen-bond donors (Lipinski definition) is 1. The van der Waals surface area contributed by atoms with Gasteiger partial charge in [-0.2, -0.15) is 0 Å². The monoisotopic (exact) mass is 461 g/mol. The molecule has 4 aromatic rings. The molecule has 0 aliphatic heterocycles. The number of hydrogen-bond acceptors (Lipinski definition) is 6. The lowest BCUT2D eigenvalue weighted by Gasteiger charge is -2.04. The highest BCUT2D eigenvalue weighted by atomic mass is 32.2. The van der Waals surface area contributed by atoms with Gasteiger partial charge in [-0.15, -0.1) is 21.5 Å². The molecule has 6 nitrogen and oxygen atoms in total. The van der Waals surface area contributed by atoms with Crippen molar-refractivity contribution in [3.8, 4) is 22.6 Å². The van der Waals surface area contributed by atoms with Gasteiger partial charge in [-0.3, -0.25) is 4.79 Å². The first-order valence-electron chi connectivity index (χ1n) is 8.89. The van der Waals surface area contributed by atoms with E-state index in [2.05, 4.69) is 20.5 Å². The minimum Gasteiger partial charge on any atom is -0.305 e. The van der Waals surface area contributed by atoms with Crippen LogP contribution in [0.4, 0.5) is 18.3 Å². The molecule has 1 N–H and O–H groups in total. The van der Waals surface area contributed by atoms with Crippen molar-refractivity contribution >= 4 is 34.1 Å². The molecule has 2 aromatic heterocycles. The van der Waals surface area contributed by atoms with Crippen LogP contribution in [0.25, 0.3) is 22.6 Å². The number of carbonyl (C=O) groups is 1. The summed E-state index contributed by atoms with van der Waals surface area (Å²) in [6, 6.07) is 9.39. The van der Waals surface area contributed by atoms with Crippen molar-refractivity contribution in [1.29, 1.82) is 0 Å². The number of aromatic nitrogens is 4. The number of benzene rings is 2. The molecule has 0 bridgehead atoms. The Labute approximate surface area is 183 Å². The summed E-state index contributed by atoms with van der Waals surface area (Å²) >= 11 is 2.37. The molecule has 158 valence electrons. The molecule has 0 radical (unpaired) electrons. The van der Waals surface area contributed by atoms with Crippen molar-refractivity contribution in [2.75, 3.05) is 11.1 Å². The standard InChI is InChI=1S/C20H14F3N5OS2/c1-28-18(11-2-5-13(21)6-3-11)26-27-20(28)31-10-17(29)25-19-24-16(9-30-19)12-4-7-14(22)15(23)8-12/h2-9H,10H2,1H3,(H,24,25,29). The van der Waals surface area contributed by atoms with Crippen molar-refractivity contribution in [3.63, 3.8) is 0 Å². The Balaban J connectivity index is 1.37. The van der Waals surface area contributed by atoms with Crippen LogP contribution < -0.4 is 5.32 Å².